The molecule has 0 fully saturated rings. The predicted octanol–water partition coefficient (Wildman–Crippen LogP) is 0.589. The van der Waals surface area contributed by atoms with E-state index in [1.807, 2.05) is 0 Å². The van der Waals surface area contributed by atoms with E-state index < -0.39 is 17.7 Å². The molecule has 0 bridgehead atoms. The molecule has 1 amide bonds. The Bertz CT molecular complexity index is 684. The summed E-state index contributed by atoms with van der Waals surface area (Å²) in [5, 5.41) is 20.3. The largest absolute Gasteiger partial charge is 0.545 e. The lowest BCUT2D eigenvalue weighted by molar-refractivity contribution is -0.297. The Balaban J connectivity index is 2.12. The van der Waals surface area contributed by atoms with E-state index in [0.29, 0.717) is 11.1 Å². The van der Waals surface area contributed by atoms with E-state index in [-0.39, 0.29) is 10.7 Å². The van der Waals surface area contributed by atoms with Gasteiger partial charge < -0.3 is 9.90 Å². The number of halogens is 1. The van der Waals surface area contributed by atoms with Crippen LogP contribution in [0.2, 0.25) is 0 Å². The zero-order chi connectivity index (χ0) is 14.5. The number of carbonyl (C=O) groups excluding carboxylic acids is 2. The number of amides is 1. The molecule has 0 atom stereocenters. The molecule has 1 heterocycles. The molecule has 0 radical (unpaired) electrons. The third-order valence-electron chi connectivity index (χ3n) is 2.13. The Labute approximate surface area is 116 Å². The van der Waals surface area contributed by atoms with Crippen LogP contribution in [0.1, 0.15) is 0 Å². The highest BCUT2D eigenvalue weighted by molar-refractivity contribution is 7.18. The summed E-state index contributed by atoms with van der Waals surface area (Å²) in [5.74, 6) is -2.62. The maximum absolute atomic E-state index is 13.5. The molecule has 1 aromatic heterocycles. The van der Waals surface area contributed by atoms with Crippen LogP contribution in [0, 0.1) is 5.82 Å². The van der Waals surface area contributed by atoms with Crippen LogP contribution in [0.3, 0.4) is 0 Å². The number of carbonyl (C=O) groups is 2. The van der Waals surface area contributed by atoms with E-state index in [0.717, 1.165) is 17.4 Å². The van der Waals surface area contributed by atoms with Crippen LogP contribution < -0.4 is 10.4 Å². The number of carboxylic acid groups (broad SMARTS) is 1. The highest BCUT2D eigenvalue weighted by Crippen LogP contribution is 2.28. The van der Waals surface area contributed by atoms with Crippen molar-refractivity contribution in [2.45, 2.75) is 0 Å². The Morgan fingerprint density at radius 3 is 2.70 bits per heavy atom. The zero-order valence-electron chi connectivity index (χ0n) is 9.87. The minimum absolute atomic E-state index is 0.135. The highest BCUT2D eigenvalue weighted by atomic mass is 32.1. The third-order valence-corrected chi connectivity index (χ3v) is 3.00. The van der Waals surface area contributed by atoms with Crippen molar-refractivity contribution < 1.29 is 19.1 Å². The lowest BCUT2D eigenvalue weighted by Gasteiger charge is -1.96. The van der Waals surface area contributed by atoms with Gasteiger partial charge in [0, 0.05) is 11.6 Å². The van der Waals surface area contributed by atoms with Crippen molar-refractivity contribution in [1.29, 1.82) is 0 Å². The van der Waals surface area contributed by atoms with Crippen molar-refractivity contribution in [3.63, 3.8) is 0 Å². The predicted molar refractivity (Wildman–Crippen MR) is 68.1 cm³/mol. The van der Waals surface area contributed by atoms with Crippen LogP contribution in [-0.4, -0.2) is 22.1 Å². The second-order valence-electron chi connectivity index (χ2n) is 3.53. The van der Waals surface area contributed by atoms with E-state index in [1.54, 1.807) is 12.1 Å². The first kappa shape index (κ1) is 13.8. The van der Waals surface area contributed by atoms with Crippen LogP contribution in [0.25, 0.3) is 10.6 Å². The number of nitrogens with zero attached hydrogens (tertiary/aromatic N) is 2. The first-order valence-electron chi connectivity index (χ1n) is 5.34. The molecular weight excluding hydrogens is 285 g/mol. The smallest absolute Gasteiger partial charge is 0.250 e. The van der Waals surface area contributed by atoms with Gasteiger partial charge in [-0.05, 0) is 18.2 Å². The minimum Gasteiger partial charge on any atom is -0.545 e. The van der Waals surface area contributed by atoms with Crippen LogP contribution >= 0.6 is 11.3 Å². The monoisotopic (exact) mass is 292 g/mol. The maximum Gasteiger partial charge on any atom is 0.250 e. The Morgan fingerprint density at radius 2 is 2.00 bits per heavy atom. The van der Waals surface area contributed by atoms with Gasteiger partial charge in [-0.2, -0.15) is 0 Å². The van der Waals surface area contributed by atoms with Gasteiger partial charge in [-0.3, -0.25) is 10.1 Å². The molecule has 6 nitrogen and oxygen atoms in total. The number of aromatic nitrogens is 2. The summed E-state index contributed by atoms with van der Waals surface area (Å²) in [6.45, 7) is 0. The lowest BCUT2D eigenvalue weighted by Crippen LogP contribution is -2.20. The van der Waals surface area contributed by atoms with Crippen molar-refractivity contribution >= 4 is 28.3 Å². The summed E-state index contributed by atoms with van der Waals surface area (Å²) in [5.41, 5.74) is 0.274. The molecule has 1 aromatic carbocycles. The second-order valence-corrected chi connectivity index (χ2v) is 4.51. The average Bonchev–Trinajstić information content (AvgIpc) is 2.85. The highest BCUT2D eigenvalue weighted by Gasteiger charge is 2.11. The average molecular weight is 292 g/mol. The first-order valence-corrected chi connectivity index (χ1v) is 6.16. The van der Waals surface area contributed by atoms with Crippen molar-refractivity contribution in [1.82, 2.24) is 10.2 Å². The summed E-state index contributed by atoms with van der Waals surface area (Å²) < 4.78 is 13.5. The summed E-state index contributed by atoms with van der Waals surface area (Å²) >= 11 is 0.972. The Kier molecular flexibility index (Phi) is 4.16. The molecule has 8 heteroatoms. The molecule has 0 spiro atoms. The van der Waals surface area contributed by atoms with Crippen molar-refractivity contribution in [2.75, 3.05) is 5.32 Å². The summed E-state index contributed by atoms with van der Waals surface area (Å²) in [6, 6.07) is 6.03. The summed E-state index contributed by atoms with van der Waals surface area (Å²) in [4.78, 5) is 21.4. The summed E-state index contributed by atoms with van der Waals surface area (Å²) in [6.07, 6.45) is 1.38. The fourth-order valence-corrected chi connectivity index (χ4v) is 2.08. The fourth-order valence-electron chi connectivity index (χ4n) is 1.31. The number of hydrogen-bond donors (Lipinski definition) is 1. The van der Waals surface area contributed by atoms with Gasteiger partial charge in [0.25, 0.3) is 0 Å². The van der Waals surface area contributed by atoms with Gasteiger partial charge >= 0.3 is 0 Å². The van der Waals surface area contributed by atoms with Gasteiger partial charge in [-0.25, -0.2) is 4.39 Å². The van der Waals surface area contributed by atoms with Crippen molar-refractivity contribution in [3.05, 3.63) is 42.2 Å². The molecule has 0 aliphatic carbocycles. The third kappa shape index (κ3) is 3.45. The van der Waals surface area contributed by atoms with E-state index in [4.69, 9.17) is 0 Å². The molecule has 2 aromatic rings. The SMILES string of the molecule is O=C([O-])/C=C/C(=O)Nc1nnc(-c2ccccc2F)s1. The number of carboxylic acids is 1. The molecule has 2 rings (SSSR count). The van der Waals surface area contributed by atoms with Gasteiger partial charge in [-0.15, -0.1) is 10.2 Å². The number of hydrogen-bond acceptors (Lipinski definition) is 6. The molecule has 0 unspecified atom stereocenters. The molecule has 0 saturated heterocycles. The quantitative estimate of drug-likeness (QED) is 0.832. The molecule has 0 saturated carbocycles. The number of nitrogens with one attached hydrogen (secondary N) is 1. The standard InChI is InChI=1S/C12H8FN3O3S/c13-8-4-2-1-3-7(8)11-15-16-12(20-11)14-9(17)5-6-10(18)19/h1-6H,(H,18,19)(H,14,16,17)/p-1/b6-5+. The Morgan fingerprint density at radius 1 is 1.25 bits per heavy atom. The van der Waals surface area contributed by atoms with E-state index in [2.05, 4.69) is 15.5 Å². The molecular formula is C12H7FN3O3S-. The normalized spacial score (nSPS) is 10.7. The molecule has 20 heavy (non-hydrogen) atoms. The summed E-state index contributed by atoms with van der Waals surface area (Å²) in [7, 11) is 0. The molecule has 102 valence electrons. The van der Waals surface area contributed by atoms with Crippen molar-refractivity contribution in [3.8, 4) is 10.6 Å². The van der Waals surface area contributed by atoms with E-state index in [9.17, 15) is 19.1 Å². The lowest BCUT2D eigenvalue weighted by atomic mass is 10.2. The van der Waals surface area contributed by atoms with Crippen LogP contribution in [0.4, 0.5) is 9.52 Å². The van der Waals surface area contributed by atoms with Gasteiger partial charge in [0.05, 0.1) is 5.97 Å². The van der Waals surface area contributed by atoms with Gasteiger partial charge in [0.2, 0.25) is 11.0 Å². The van der Waals surface area contributed by atoms with Gasteiger partial charge in [0.1, 0.15) is 5.82 Å². The number of benzene rings is 1. The fraction of sp³-hybridized carbons (Fsp3) is 0. The van der Waals surface area contributed by atoms with Crippen molar-refractivity contribution in [2.24, 2.45) is 0 Å². The van der Waals surface area contributed by atoms with E-state index >= 15 is 0 Å². The first-order chi connectivity index (χ1) is 9.56. The van der Waals surface area contributed by atoms with Gasteiger partial charge in [-0.1, -0.05) is 23.5 Å². The van der Waals surface area contributed by atoms with E-state index in [1.165, 1.54) is 12.1 Å². The molecule has 0 aliphatic rings. The number of aliphatic carboxylic acids is 1. The minimum atomic E-state index is -1.48. The van der Waals surface area contributed by atoms with Crippen LogP contribution in [-0.2, 0) is 9.59 Å². The molecule has 0 aliphatic heterocycles. The zero-order valence-corrected chi connectivity index (χ0v) is 10.7. The number of rotatable bonds is 4. The van der Waals surface area contributed by atoms with Gasteiger partial charge in [0.15, 0.2) is 5.01 Å². The molecule has 1 N–H and O–H groups in total. The Hall–Kier alpha value is -2.61. The maximum atomic E-state index is 13.5. The number of anilines is 1. The topological polar surface area (TPSA) is 95.0 Å². The second kappa shape index (κ2) is 6.02. The van der Waals surface area contributed by atoms with Crippen LogP contribution in [0.5, 0.6) is 0 Å². The van der Waals surface area contributed by atoms with Crippen LogP contribution in [0.15, 0.2) is 36.4 Å².